The molecule has 21 heavy (non-hydrogen) atoms. The molecule has 0 amide bonds. The fourth-order valence-electron chi connectivity index (χ4n) is 2.12. The Hall–Kier alpha value is -0.960. The van der Waals surface area contributed by atoms with E-state index in [4.69, 9.17) is 10.5 Å². The largest absolute Gasteiger partial charge is 0.462 e. The standard InChI is InChI=1S/C13H22N4O2S2/c1-4-19-13(18)11-9(14)10(20-3)12(21-11)15-17-7-5-16(2)6-8-17/h15H,4-8,14H2,1-3H3. The van der Waals surface area contributed by atoms with E-state index < -0.39 is 0 Å². The first-order valence-corrected chi connectivity index (χ1v) is 8.94. The summed E-state index contributed by atoms with van der Waals surface area (Å²) in [6.45, 7) is 6.07. The van der Waals surface area contributed by atoms with Gasteiger partial charge in [-0.3, -0.25) is 0 Å². The van der Waals surface area contributed by atoms with Crippen molar-refractivity contribution in [3.8, 4) is 0 Å². The van der Waals surface area contributed by atoms with E-state index in [-0.39, 0.29) is 5.97 Å². The number of likely N-dealkylation sites (N-methyl/N-ethyl adjacent to an activating group) is 1. The van der Waals surface area contributed by atoms with Gasteiger partial charge in [0.25, 0.3) is 0 Å². The molecule has 2 heterocycles. The van der Waals surface area contributed by atoms with Crippen LogP contribution in [0.2, 0.25) is 0 Å². The van der Waals surface area contributed by atoms with E-state index in [0.29, 0.717) is 17.2 Å². The second kappa shape index (κ2) is 7.35. The van der Waals surface area contributed by atoms with Gasteiger partial charge in [0.15, 0.2) is 0 Å². The van der Waals surface area contributed by atoms with Gasteiger partial charge in [0, 0.05) is 26.2 Å². The number of carbonyl (C=O) groups is 1. The van der Waals surface area contributed by atoms with E-state index in [1.807, 2.05) is 6.26 Å². The average molecular weight is 330 g/mol. The Morgan fingerprint density at radius 1 is 1.43 bits per heavy atom. The number of nitrogen functional groups attached to an aromatic ring is 1. The molecule has 1 saturated heterocycles. The number of piperazine rings is 1. The van der Waals surface area contributed by atoms with Crippen molar-refractivity contribution in [3.05, 3.63) is 4.88 Å². The van der Waals surface area contributed by atoms with Crippen molar-refractivity contribution in [1.29, 1.82) is 0 Å². The van der Waals surface area contributed by atoms with E-state index in [1.54, 1.807) is 18.7 Å². The minimum absolute atomic E-state index is 0.346. The lowest BCUT2D eigenvalue weighted by molar-refractivity contribution is 0.0533. The minimum atomic E-state index is -0.346. The molecule has 0 spiro atoms. The van der Waals surface area contributed by atoms with Crippen LogP contribution < -0.4 is 11.2 Å². The summed E-state index contributed by atoms with van der Waals surface area (Å²) in [6.07, 6.45) is 1.96. The Kier molecular flexibility index (Phi) is 5.74. The van der Waals surface area contributed by atoms with Gasteiger partial charge in [0.1, 0.15) is 9.88 Å². The van der Waals surface area contributed by atoms with Gasteiger partial charge in [-0.05, 0) is 20.2 Å². The van der Waals surface area contributed by atoms with Crippen LogP contribution in [-0.2, 0) is 4.74 Å². The number of thioether (sulfide) groups is 1. The fourth-order valence-corrected chi connectivity index (χ4v) is 4.04. The van der Waals surface area contributed by atoms with Gasteiger partial charge in [-0.15, -0.1) is 23.1 Å². The molecule has 0 unspecified atom stereocenters. The Labute approximate surface area is 133 Å². The first-order chi connectivity index (χ1) is 10.1. The predicted molar refractivity (Wildman–Crippen MR) is 89.2 cm³/mol. The van der Waals surface area contributed by atoms with Crippen molar-refractivity contribution in [1.82, 2.24) is 9.91 Å². The first-order valence-electron chi connectivity index (χ1n) is 6.90. The molecule has 1 aliphatic heterocycles. The Bertz CT molecular complexity index is 499. The number of esters is 1. The van der Waals surface area contributed by atoms with Gasteiger partial charge in [0.2, 0.25) is 0 Å². The zero-order valence-corrected chi connectivity index (χ0v) is 14.3. The lowest BCUT2D eigenvalue weighted by Crippen LogP contribution is -2.46. The summed E-state index contributed by atoms with van der Waals surface area (Å²) >= 11 is 2.91. The molecule has 0 aliphatic carbocycles. The van der Waals surface area contributed by atoms with E-state index in [9.17, 15) is 4.79 Å². The molecule has 0 atom stereocenters. The molecule has 8 heteroatoms. The smallest absolute Gasteiger partial charge is 0.350 e. The highest BCUT2D eigenvalue weighted by molar-refractivity contribution is 7.99. The molecule has 3 N–H and O–H groups in total. The molecule has 1 aromatic heterocycles. The molecule has 1 fully saturated rings. The Morgan fingerprint density at radius 3 is 2.67 bits per heavy atom. The summed E-state index contributed by atoms with van der Waals surface area (Å²) in [5.41, 5.74) is 10.0. The third-order valence-electron chi connectivity index (χ3n) is 3.33. The molecule has 118 valence electrons. The van der Waals surface area contributed by atoms with E-state index in [2.05, 4.69) is 22.4 Å². The first kappa shape index (κ1) is 16.4. The maximum Gasteiger partial charge on any atom is 0.350 e. The van der Waals surface area contributed by atoms with Crippen molar-refractivity contribution < 1.29 is 9.53 Å². The van der Waals surface area contributed by atoms with Crippen LogP contribution in [0.4, 0.5) is 10.7 Å². The number of hydrazine groups is 1. The van der Waals surface area contributed by atoms with Crippen LogP contribution in [0, 0.1) is 0 Å². The van der Waals surface area contributed by atoms with E-state index >= 15 is 0 Å². The summed E-state index contributed by atoms with van der Waals surface area (Å²) in [5, 5.41) is 3.09. The number of anilines is 2. The number of carbonyl (C=O) groups excluding carboxylic acids is 1. The summed E-state index contributed by atoms with van der Waals surface area (Å²) in [5.74, 6) is -0.346. The fraction of sp³-hybridized carbons (Fsp3) is 0.615. The van der Waals surface area contributed by atoms with Crippen LogP contribution in [0.25, 0.3) is 0 Å². The number of nitrogens with two attached hydrogens (primary N) is 1. The van der Waals surface area contributed by atoms with Gasteiger partial charge in [-0.2, -0.15) is 0 Å². The molecule has 1 aromatic rings. The zero-order chi connectivity index (χ0) is 15.4. The Balaban J connectivity index is 2.15. The number of hydrogen-bond acceptors (Lipinski definition) is 8. The monoisotopic (exact) mass is 330 g/mol. The molecule has 6 nitrogen and oxygen atoms in total. The van der Waals surface area contributed by atoms with Crippen molar-refractivity contribution in [2.45, 2.75) is 11.8 Å². The van der Waals surface area contributed by atoms with Crippen molar-refractivity contribution in [2.75, 3.05) is 57.2 Å². The summed E-state index contributed by atoms with van der Waals surface area (Å²) in [4.78, 5) is 15.6. The molecular formula is C13H22N4O2S2. The highest BCUT2D eigenvalue weighted by Gasteiger charge is 2.23. The summed E-state index contributed by atoms with van der Waals surface area (Å²) in [7, 11) is 2.12. The zero-order valence-electron chi connectivity index (χ0n) is 12.6. The van der Waals surface area contributed by atoms with Gasteiger partial charge in [-0.25, -0.2) is 9.80 Å². The lowest BCUT2D eigenvalue weighted by atomic mass is 10.4. The summed E-state index contributed by atoms with van der Waals surface area (Å²) in [6, 6.07) is 0. The van der Waals surface area contributed by atoms with Gasteiger partial charge in [0.05, 0.1) is 17.2 Å². The normalized spacial score (nSPS) is 16.9. The average Bonchev–Trinajstić information content (AvgIpc) is 2.78. The predicted octanol–water partition coefficient (Wildman–Crippen LogP) is 1.80. The molecule has 0 aromatic carbocycles. The van der Waals surface area contributed by atoms with E-state index in [0.717, 1.165) is 36.1 Å². The van der Waals surface area contributed by atoms with Crippen LogP contribution in [-0.4, -0.2) is 62.0 Å². The third kappa shape index (κ3) is 3.82. The number of nitrogens with zero attached hydrogens (tertiary/aromatic N) is 2. The molecule has 2 rings (SSSR count). The van der Waals surface area contributed by atoms with Crippen molar-refractivity contribution >= 4 is 39.8 Å². The van der Waals surface area contributed by atoms with Crippen molar-refractivity contribution in [2.24, 2.45) is 0 Å². The number of ether oxygens (including phenoxy) is 1. The van der Waals surface area contributed by atoms with Crippen LogP contribution in [0.1, 0.15) is 16.6 Å². The number of nitrogens with one attached hydrogen (secondary N) is 1. The maximum atomic E-state index is 11.9. The van der Waals surface area contributed by atoms with Crippen LogP contribution in [0.15, 0.2) is 4.90 Å². The number of hydrogen-bond donors (Lipinski definition) is 2. The molecule has 1 aliphatic rings. The second-order valence-corrected chi connectivity index (χ2v) is 6.67. The topological polar surface area (TPSA) is 70.8 Å². The van der Waals surface area contributed by atoms with E-state index in [1.165, 1.54) is 11.3 Å². The summed E-state index contributed by atoms with van der Waals surface area (Å²) < 4.78 is 5.06. The highest BCUT2D eigenvalue weighted by Crippen LogP contribution is 2.42. The third-order valence-corrected chi connectivity index (χ3v) is 5.38. The lowest BCUT2D eigenvalue weighted by Gasteiger charge is -2.32. The minimum Gasteiger partial charge on any atom is -0.462 e. The van der Waals surface area contributed by atoms with Gasteiger partial charge in [-0.1, -0.05) is 0 Å². The van der Waals surface area contributed by atoms with Gasteiger partial charge < -0.3 is 20.8 Å². The SMILES string of the molecule is CCOC(=O)c1sc(NN2CCN(C)CC2)c(SC)c1N. The van der Waals surface area contributed by atoms with Crippen LogP contribution in [0.5, 0.6) is 0 Å². The van der Waals surface area contributed by atoms with Crippen LogP contribution >= 0.6 is 23.1 Å². The number of rotatable bonds is 5. The molecule has 0 radical (unpaired) electrons. The Morgan fingerprint density at radius 2 is 2.10 bits per heavy atom. The highest BCUT2D eigenvalue weighted by atomic mass is 32.2. The molecular weight excluding hydrogens is 308 g/mol. The second-order valence-electron chi connectivity index (χ2n) is 4.83. The number of thiophene rings is 1. The molecule has 0 bridgehead atoms. The van der Waals surface area contributed by atoms with Gasteiger partial charge >= 0.3 is 5.97 Å². The molecule has 0 saturated carbocycles. The van der Waals surface area contributed by atoms with Crippen molar-refractivity contribution in [3.63, 3.8) is 0 Å². The maximum absolute atomic E-state index is 11.9. The quantitative estimate of drug-likeness (QED) is 0.630. The van der Waals surface area contributed by atoms with Crippen LogP contribution in [0.3, 0.4) is 0 Å².